The summed E-state index contributed by atoms with van der Waals surface area (Å²) in [4.78, 5) is 28.6. The van der Waals surface area contributed by atoms with Gasteiger partial charge >= 0.3 is 0 Å². The highest BCUT2D eigenvalue weighted by atomic mass is 16.2. The minimum Gasteiger partial charge on any atom is -0.349 e. The summed E-state index contributed by atoms with van der Waals surface area (Å²) in [6.07, 6.45) is 7.34. The van der Waals surface area contributed by atoms with Gasteiger partial charge in [0.1, 0.15) is 0 Å². The molecule has 1 heterocycles. The topological polar surface area (TPSA) is 71.1 Å². The van der Waals surface area contributed by atoms with E-state index in [0.29, 0.717) is 17.7 Å². The van der Waals surface area contributed by atoms with Gasteiger partial charge in [-0.25, -0.2) is 0 Å². The molecule has 1 saturated carbocycles. The van der Waals surface area contributed by atoms with E-state index in [1.165, 1.54) is 12.4 Å². The van der Waals surface area contributed by atoms with Crippen LogP contribution in [-0.4, -0.2) is 22.8 Å². The van der Waals surface area contributed by atoms with Crippen LogP contribution in [0.1, 0.15) is 52.0 Å². The Bertz CT molecular complexity index is 710. The van der Waals surface area contributed by atoms with Crippen molar-refractivity contribution in [1.29, 1.82) is 0 Å². The van der Waals surface area contributed by atoms with Gasteiger partial charge in [-0.05, 0) is 24.5 Å². The van der Waals surface area contributed by atoms with Crippen LogP contribution >= 0.6 is 0 Å². The average Bonchev–Trinajstić information content (AvgIpc) is 3.13. The van der Waals surface area contributed by atoms with Crippen LogP contribution in [-0.2, 0) is 6.54 Å². The number of benzene rings is 1. The second-order valence-corrected chi connectivity index (χ2v) is 6.09. The molecule has 1 aromatic heterocycles. The zero-order valence-electron chi connectivity index (χ0n) is 13.5. The van der Waals surface area contributed by atoms with Gasteiger partial charge in [0, 0.05) is 25.0 Å². The first-order valence-corrected chi connectivity index (χ1v) is 8.30. The average molecular weight is 323 g/mol. The Labute approximate surface area is 141 Å². The van der Waals surface area contributed by atoms with E-state index in [-0.39, 0.29) is 17.9 Å². The van der Waals surface area contributed by atoms with Gasteiger partial charge in [0.15, 0.2) is 0 Å². The largest absolute Gasteiger partial charge is 0.349 e. The molecule has 0 spiro atoms. The fraction of sp³-hybridized carbons (Fsp3) is 0.316. The maximum atomic E-state index is 12.3. The number of pyridine rings is 1. The van der Waals surface area contributed by atoms with Gasteiger partial charge in [-0.15, -0.1) is 0 Å². The van der Waals surface area contributed by atoms with Gasteiger partial charge in [0.25, 0.3) is 11.8 Å². The van der Waals surface area contributed by atoms with Crippen molar-refractivity contribution in [3.05, 3.63) is 65.5 Å². The first kappa shape index (κ1) is 16.2. The van der Waals surface area contributed by atoms with Crippen molar-refractivity contribution < 1.29 is 9.59 Å². The van der Waals surface area contributed by atoms with Crippen LogP contribution in [0, 0.1) is 0 Å². The summed E-state index contributed by atoms with van der Waals surface area (Å²) in [6, 6.07) is 11.5. The molecule has 2 aromatic rings. The summed E-state index contributed by atoms with van der Waals surface area (Å²) in [6.45, 7) is 0.443. The molecule has 0 saturated heterocycles. The molecule has 2 N–H and O–H groups in total. The van der Waals surface area contributed by atoms with E-state index >= 15 is 0 Å². The number of rotatable bonds is 5. The highest BCUT2D eigenvalue weighted by Crippen LogP contribution is 2.18. The van der Waals surface area contributed by atoms with Crippen LogP contribution in [0.3, 0.4) is 0 Å². The summed E-state index contributed by atoms with van der Waals surface area (Å²) >= 11 is 0. The molecule has 1 aliphatic carbocycles. The van der Waals surface area contributed by atoms with Gasteiger partial charge in [-0.3, -0.25) is 14.6 Å². The minimum absolute atomic E-state index is 0.160. The van der Waals surface area contributed by atoms with Gasteiger partial charge in [-0.2, -0.15) is 0 Å². The lowest BCUT2D eigenvalue weighted by molar-refractivity contribution is 0.0937. The van der Waals surface area contributed by atoms with Crippen LogP contribution < -0.4 is 10.6 Å². The zero-order valence-corrected chi connectivity index (χ0v) is 13.5. The van der Waals surface area contributed by atoms with Crippen molar-refractivity contribution in [3.8, 4) is 0 Å². The molecule has 0 unspecified atom stereocenters. The Balaban J connectivity index is 1.61. The number of amides is 2. The molecule has 5 heteroatoms. The Morgan fingerprint density at radius 1 is 1.00 bits per heavy atom. The summed E-state index contributed by atoms with van der Waals surface area (Å²) in [5.41, 5.74) is 1.84. The van der Waals surface area contributed by atoms with Crippen LogP contribution in [0.5, 0.6) is 0 Å². The molecule has 2 amide bonds. The Morgan fingerprint density at radius 2 is 1.67 bits per heavy atom. The van der Waals surface area contributed by atoms with Crippen molar-refractivity contribution in [2.24, 2.45) is 0 Å². The number of hydrogen-bond donors (Lipinski definition) is 2. The second-order valence-electron chi connectivity index (χ2n) is 6.09. The lowest BCUT2D eigenvalue weighted by atomic mass is 10.1. The molecule has 0 atom stereocenters. The Hall–Kier alpha value is -2.69. The quantitative estimate of drug-likeness (QED) is 0.888. The van der Waals surface area contributed by atoms with Gasteiger partial charge < -0.3 is 10.6 Å². The van der Waals surface area contributed by atoms with E-state index < -0.39 is 0 Å². The maximum absolute atomic E-state index is 12.3. The monoisotopic (exact) mass is 323 g/mol. The molecule has 3 rings (SSSR count). The fourth-order valence-electron chi connectivity index (χ4n) is 2.91. The third-order valence-electron chi connectivity index (χ3n) is 4.25. The standard InChI is InChI=1S/C19H21N3O2/c23-18(21-11-14-6-2-1-3-7-14)15-10-16(13-20-12-15)19(24)22-17-8-4-5-9-17/h1-3,6-7,10,12-13,17H,4-5,8-9,11H2,(H,21,23)(H,22,24). The second kappa shape index (κ2) is 7.73. The van der Waals surface area contributed by atoms with Crippen LogP contribution in [0.4, 0.5) is 0 Å². The lowest BCUT2D eigenvalue weighted by Gasteiger charge is -2.12. The van der Waals surface area contributed by atoms with Crippen molar-refractivity contribution >= 4 is 11.8 Å². The predicted octanol–water partition coefficient (Wildman–Crippen LogP) is 2.68. The highest BCUT2D eigenvalue weighted by molar-refractivity contribution is 5.99. The molecule has 1 fully saturated rings. The molecule has 124 valence electrons. The Morgan fingerprint density at radius 3 is 2.38 bits per heavy atom. The molecule has 1 aliphatic rings. The summed E-state index contributed by atoms with van der Waals surface area (Å²) in [5, 5.41) is 5.85. The van der Waals surface area contributed by atoms with E-state index in [1.807, 2.05) is 30.3 Å². The molecular weight excluding hydrogens is 302 g/mol. The highest BCUT2D eigenvalue weighted by Gasteiger charge is 2.18. The predicted molar refractivity (Wildman–Crippen MR) is 91.6 cm³/mol. The number of hydrogen-bond acceptors (Lipinski definition) is 3. The van der Waals surface area contributed by atoms with E-state index in [2.05, 4.69) is 15.6 Å². The molecule has 0 radical (unpaired) electrons. The van der Waals surface area contributed by atoms with E-state index in [0.717, 1.165) is 31.2 Å². The maximum Gasteiger partial charge on any atom is 0.253 e. The number of nitrogens with zero attached hydrogens (tertiary/aromatic N) is 1. The van der Waals surface area contributed by atoms with E-state index in [1.54, 1.807) is 6.07 Å². The fourth-order valence-corrected chi connectivity index (χ4v) is 2.91. The Kier molecular flexibility index (Phi) is 5.21. The normalized spacial score (nSPS) is 14.3. The van der Waals surface area contributed by atoms with Crippen molar-refractivity contribution in [3.63, 3.8) is 0 Å². The summed E-state index contributed by atoms with van der Waals surface area (Å²) < 4.78 is 0. The van der Waals surface area contributed by atoms with Gasteiger partial charge in [-0.1, -0.05) is 43.2 Å². The number of carbonyl (C=O) groups excluding carboxylic acids is 2. The van der Waals surface area contributed by atoms with E-state index in [4.69, 9.17) is 0 Å². The molecule has 5 nitrogen and oxygen atoms in total. The minimum atomic E-state index is -0.234. The smallest absolute Gasteiger partial charge is 0.253 e. The molecule has 1 aromatic carbocycles. The third kappa shape index (κ3) is 4.19. The van der Waals surface area contributed by atoms with Gasteiger partial charge in [0.05, 0.1) is 11.1 Å². The molecule has 0 aliphatic heterocycles. The summed E-state index contributed by atoms with van der Waals surface area (Å²) in [5.74, 6) is -0.394. The number of nitrogens with one attached hydrogen (secondary N) is 2. The van der Waals surface area contributed by atoms with Crippen LogP contribution in [0.15, 0.2) is 48.8 Å². The first-order valence-electron chi connectivity index (χ1n) is 8.30. The zero-order chi connectivity index (χ0) is 16.8. The molecule has 24 heavy (non-hydrogen) atoms. The lowest BCUT2D eigenvalue weighted by Crippen LogP contribution is -2.33. The van der Waals surface area contributed by atoms with Crippen LogP contribution in [0.25, 0.3) is 0 Å². The van der Waals surface area contributed by atoms with Crippen molar-refractivity contribution in [2.75, 3.05) is 0 Å². The SMILES string of the molecule is O=C(NCc1ccccc1)c1cncc(C(=O)NC2CCCC2)c1. The van der Waals surface area contributed by atoms with Crippen molar-refractivity contribution in [1.82, 2.24) is 15.6 Å². The summed E-state index contributed by atoms with van der Waals surface area (Å²) in [7, 11) is 0. The number of carbonyl (C=O) groups is 2. The molecular formula is C19H21N3O2. The first-order chi connectivity index (χ1) is 11.7. The third-order valence-corrected chi connectivity index (χ3v) is 4.25. The molecule has 0 bridgehead atoms. The number of aromatic nitrogens is 1. The van der Waals surface area contributed by atoms with Crippen molar-refractivity contribution in [2.45, 2.75) is 38.3 Å². The van der Waals surface area contributed by atoms with Crippen LogP contribution in [0.2, 0.25) is 0 Å². The van der Waals surface area contributed by atoms with E-state index in [9.17, 15) is 9.59 Å². The van der Waals surface area contributed by atoms with Gasteiger partial charge in [0.2, 0.25) is 0 Å².